The van der Waals surface area contributed by atoms with Crippen LogP contribution in [0.1, 0.15) is 47.1 Å². The second-order valence-electron chi connectivity index (χ2n) is 9.99. The van der Waals surface area contributed by atoms with Crippen molar-refractivity contribution < 1.29 is 33.4 Å². The summed E-state index contributed by atoms with van der Waals surface area (Å²) >= 11 is 0. The van der Waals surface area contributed by atoms with Gasteiger partial charge in [0, 0.05) is 0 Å². The maximum Gasteiger partial charge on any atom is 0.408 e. The number of likely N-dealkylation sites (tertiary alicyclic amines) is 1. The zero-order valence-corrected chi connectivity index (χ0v) is 19.4. The summed E-state index contributed by atoms with van der Waals surface area (Å²) in [6, 6.07) is 6.09. The van der Waals surface area contributed by atoms with Crippen LogP contribution in [0.25, 0.3) is 0 Å². The van der Waals surface area contributed by atoms with Crippen LogP contribution in [0, 0.1) is 5.41 Å². The molecule has 2 rings (SSSR count). The van der Waals surface area contributed by atoms with Crippen LogP contribution >= 0.6 is 0 Å². The largest absolute Gasteiger partial charge is 0.459 e. The van der Waals surface area contributed by atoms with Crippen molar-refractivity contribution in [3.8, 4) is 0 Å². The molecule has 8 nitrogen and oxygen atoms in total. The fraction of sp³-hybridized carbons (Fsp3) is 0.609. The Hall–Kier alpha value is -2.68. The summed E-state index contributed by atoms with van der Waals surface area (Å²) < 4.78 is 25.2. The predicted octanol–water partition coefficient (Wildman–Crippen LogP) is 2.58. The molecule has 1 heterocycles. The number of carbonyl (C=O) groups excluding carboxylic acids is 3. The van der Waals surface area contributed by atoms with Crippen LogP contribution in [0.3, 0.4) is 0 Å². The summed E-state index contributed by atoms with van der Waals surface area (Å²) in [5, 5.41) is 12.6. The topological polar surface area (TPSA) is 105 Å². The monoisotopic (exact) mass is 452 g/mol. The number of alkyl halides is 1. The summed E-state index contributed by atoms with van der Waals surface area (Å²) in [6.07, 6.45) is -4.37. The van der Waals surface area contributed by atoms with Gasteiger partial charge < -0.3 is 24.8 Å². The van der Waals surface area contributed by atoms with E-state index in [-0.39, 0.29) is 6.61 Å². The fourth-order valence-corrected chi connectivity index (χ4v) is 3.34. The normalized spacial score (nSPS) is 22.2. The maximum absolute atomic E-state index is 14.8. The molecule has 0 saturated carbocycles. The first-order valence-electron chi connectivity index (χ1n) is 10.5. The molecule has 2 N–H and O–H groups in total. The minimum atomic E-state index is -2.01. The lowest BCUT2D eigenvalue weighted by atomic mass is 9.85. The van der Waals surface area contributed by atoms with Crippen molar-refractivity contribution in [2.24, 2.45) is 5.41 Å². The Balaban J connectivity index is 2.20. The highest BCUT2D eigenvalue weighted by Crippen LogP contribution is 2.28. The number of ether oxygens (including phenoxy) is 2. The number of benzene rings is 1. The number of aliphatic hydroxyl groups excluding tert-OH is 1. The second kappa shape index (κ2) is 9.85. The lowest BCUT2D eigenvalue weighted by molar-refractivity contribution is -0.157. The van der Waals surface area contributed by atoms with Gasteiger partial charge in [-0.25, -0.2) is 14.0 Å². The van der Waals surface area contributed by atoms with E-state index in [1.54, 1.807) is 71.9 Å². The van der Waals surface area contributed by atoms with Crippen LogP contribution in [0.4, 0.5) is 9.18 Å². The van der Waals surface area contributed by atoms with Gasteiger partial charge in [-0.2, -0.15) is 0 Å². The number of halogens is 1. The number of alkyl carbamates (subject to hydrolysis) is 1. The van der Waals surface area contributed by atoms with E-state index in [4.69, 9.17) is 9.47 Å². The van der Waals surface area contributed by atoms with Crippen LogP contribution in [0.5, 0.6) is 0 Å². The van der Waals surface area contributed by atoms with Gasteiger partial charge in [0.15, 0.2) is 12.2 Å². The number of aliphatic hydroxyl groups is 1. The minimum Gasteiger partial charge on any atom is -0.459 e. The van der Waals surface area contributed by atoms with Crippen molar-refractivity contribution in [1.29, 1.82) is 0 Å². The van der Waals surface area contributed by atoms with E-state index >= 15 is 0 Å². The molecule has 1 aromatic carbocycles. The predicted molar refractivity (Wildman–Crippen MR) is 115 cm³/mol. The van der Waals surface area contributed by atoms with Gasteiger partial charge in [-0.3, -0.25) is 4.79 Å². The Bertz CT molecular complexity index is 818. The standard InChI is InChI=1S/C23H33FN2O6/c1-22(2,3)18(25-21(30)32-23(4,5)6)19(28)26-12-15(27)16(24)17(26)20(29)31-13-14-10-8-7-9-11-14/h7-11,15-18,27H,12-13H2,1-6H3,(H,25,30)/t15-,16-,17+,18-/m1/s1. The first-order chi connectivity index (χ1) is 14.7. The molecule has 1 aromatic rings. The molecule has 1 aliphatic heterocycles. The molecule has 0 aromatic heterocycles. The number of esters is 1. The zero-order valence-electron chi connectivity index (χ0n) is 19.4. The summed E-state index contributed by atoms with van der Waals surface area (Å²) in [7, 11) is 0. The van der Waals surface area contributed by atoms with Crippen LogP contribution in [0.15, 0.2) is 30.3 Å². The third kappa shape index (κ3) is 6.66. The van der Waals surface area contributed by atoms with Crippen molar-refractivity contribution in [1.82, 2.24) is 10.2 Å². The highest BCUT2D eigenvalue weighted by Gasteiger charge is 2.51. The highest BCUT2D eigenvalue weighted by molar-refractivity contribution is 5.91. The number of hydrogen-bond donors (Lipinski definition) is 2. The lowest BCUT2D eigenvalue weighted by Gasteiger charge is -2.35. The summed E-state index contributed by atoms with van der Waals surface area (Å²) in [5.41, 5.74) is -0.870. The molecule has 0 unspecified atom stereocenters. The van der Waals surface area contributed by atoms with Gasteiger partial charge in [-0.15, -0.1) is 0 Å². The van der Waals surface area contributed by atoms with Crippen molar-refractivity contribution in [2.45, 2.75) is 78.1 Å². The number of nitrogens with one attached hydrogen (secondary N) is 1. The Labute approximate surface area is 188 Å². The van der Waals surface area contributed by atoms with Gasteiger partial charge in [0.25, 0.3) is 0 Å². The van der Waals surface area contributed by atoms with Crippen LogP contribution in [0.2, 0.25) is 0 Å². The molecule has 4 atom stereocenters. The molecule has 0 bridgehead atoms. The summed E-state index contributed by atoms with van der Waals surface area (Å²) in [6.45, 7) is 9.71. The van der Waals surface area contributed by atoms with Gasteiger partial charge in [-0.05, 0) is 31.7 Å². The molecule has 0 spiro atoms. The van der Waals surface area contributed by atoms with E-state index in [1.165, 1.54) is 0 Å². The van der Waals surface area contributed by atoms with Gasteiger partial charge in [-0.1, -0.05) is 51.1 Å². The zero-order chi connectivity index (χ0) is 24.3. The van der Waals surface area contributed by atoms with Crippen molar-refractivity contribution in [3.63, 3.8) is 0 Å². The molecule has 1 fully saturated rings. The number of hydrogen-bond acceptors (Lipinski definition) is 6. The average Bonchev–Trinajstić information content (AvgIpc) is 2.97. The smallest absolute Gasteiger partial charge is 0.408 e. The molecule has 1 aliphatic rings. The third-order valence-corrected chi connectivity index (χ3v) is 4.91. The van der Waals surface area contributed by atoms with Gasteiger partial charge in [0.2, 0.25) is 5.91 Å². The lowest BCUT2D eigenvalue weighted by Crippen LogP contribution is -2.58. The molecule has 178 valence electrons. The molecular formula is C23H33FN2O6. The van der Waals surface area contributed by atoms with Crippen molar-refractivity contribution in [2.75, 3.05) is 6.54 Å². The number of rotatable bonds is 5. The van der Waals surface area contributed by atoms with Gasteiger partial charge >= 0.3 is 12.1 Å². The molecule has 9 heteroatoms. The van der Waals surface area contributed by atoms with Crippen LogP contribution in [-0.4, -0.2) is 64.5 Å². The number of carbonyl (C=O) groups is 3. The average molecular weight is 453 g/mol. The maximum atomic E-state index is 14.8. The van der Waals surface area contributed by atoms with E-state index in [2.05, 4.69) is 5.32 Å². The Morgan fingerprint density at radius 1 is 1.16 bits per heavy atom. The molecule has 0 radical (unpaired) electrons. The summed E-state index contributed by atoms with van der Waals surface area (Å²) in [4.78, 5) is 39.3. The van der Waals surface area contributed by atoms with E-state index < -0.39 is 59.9 Å². The fourth-order valence-electron chi connectivity index (χ4n) is 3.34. The second-order valence-corrected chi connectivity index (χ2v) is 9.99. The van der Waals surface area contributed by atoms with Crippen molar-refractivity contribution >= 4 is 18.0 Å². The van der Waals surface area contributed by atoms with Crippen LogP contribution < -0.4 is 5.32 Å². The Kier molecular flexibility index (Phi) is 7.88. The van der Waals surface area contributed by atoms with Crippen molar-refractivity contribution in [3.05, 3.63) is 35.9 Å². The molecular weight excluding hydrogens is 419 g/mol. The van der Waals surface area contributed by atoms with E-state index in [1.807, 2.05) is 0 Å². The third-order valence-electron chi connectivity index (χ3n) is 4.91. The van der Waals surface area contributed by atoms with Gasteiger partial charge in [0.1, 0.15) is 24.4 Å². The Morgan fingerprint density at radius 3 is 2.28 bits per heavy atom. The first-order valence-corrected chi connectivity index (χ1v) is 10.5. The molecule has 2 amide bonds. The van der Waals surface area contributed by atoms with Gasteiger partial charge in [0.05, 0.1) is 6.54 Å². The minimum absolute atomic E-state index is 0.0973. The number of nitrogens with zero attached hydrogens (tertiary/aromatic N) is 1. The molecule has 0 aliphatic carbocycles. The molecule has 32 heavy (non-hydrogen) atoms. The Morgan fingerprint density at radius 2 is 1.75 bits per heavy atom. The van der Waals surface area contributed by atoms with E-state index in [9.17, 15) is 23.9 Å². The summed E-state index contributed by atoms with van der Waals surface area (Å²) in [5.74, 6) is -1.67. The highest BCUT2D eigenvalue weighted by atomic mass is 19.1. The van der Waals surface area contributed by atoms with E-state index in [0.29, 0.717) is 5.56 Å². The number of β-amino-alcohol motifs (C(OH)–C–C–N with tert-alkyl or cyclic N) is 1. The van der Waals surface area contributed by atoms with Crippen LogP contribution in [-0.2, 0) is 25.7 Å². The first kappa shape index (κ1) is 25.6. The quantitative estimate of drug-likeness (QED) is 0.666. The van der Waals surface area contributed by atoms with E-state index in [0.717, 1.165) is 4.90 Å². The molecule has 1 saturated heterocycles. The SMILES string of the molecule is CC(C)(C)OC(=O)N[C@H](C(=O)N1C[C@@H](O)[C@@H](F)[C@H]1C(=O)OCc1ccccc1)C(C)(C)C. The number of amides is 2.